The normalized spacial score (nSPS) is 18.5. The smallest absolute Gasteiger partial charge is 0.223 e. The van der Waals surface area contributed by atoms with E-state index >= 15 is 0 Å². The van der Waals surface area contributed by atoms with Gasteiger partial charge in [0.15, 0.2) is 0 Å². The zero-order valence-corrected chi connectivity index (χ0v) is 18.2. The summed E-state index contributed by atoms with van der Waals surface area (Å²) in [4.78, 5) is 11.5. The van der Waals surface area contributed by atoms with Gasteiger partial charge in [-0.25, -0.2) is 9.97 Å². The maximum Gasteiger partial charge on any atom is 0.223 e. The molecule has 0 bridgehead atoms. The van der Waals surface area contributed by atoms with Crippen molar-refractivity contribution in [3.8, 4) is 26.8 Å². The predicted molar refractivity (Wildman–Crippen MR) is 120 cm³/mol. The molecule has 1 aliphatic heterocycles. The second-order valence-corrected chi connectivity index (χ2v) is 10.2. The van der Waals surface area contributed by atoms with E-state index in [4.69, 9.17) is 4.98 Å². The van der Waals surface area contributed by atoms with Gasteiger partial charge in [-0.05, 0) is 88.6 Å². The quantitative estimate of drug-likeness (QED) is 0.546. The standard InChI is InChI=1S/C23H28N4OS/c1-22(2)13-16(14-23(3,4)27-22)25-21-24-12-11-18(26-21)20-10-9-19(29-20)15-5-7-17(28)8-6-15/h5-12,16,27-28H,13-14H2,1-4H3,(H,24,25,26). The van der Waals surface area contributed by atoms with E-state index < -0.39 is 0 Å². The summed E-state index contributed by atoms with van der Waals surface area (Å²) in [7, 11) is 0. The summed E-state index contributed by atoms with van der Waals surface area (Å²) in [6.07, 6.45) is 3.87. The summed E-state index contributed by atoms with van der Waals surface area (Å²) in [5.74, 6) is 0.960. The molecule has 0 aliphatic carbocycles. The van der Waals surface area contributed by atoms with Crippen LogP contribution < -0.4 is 10.6 Å². The Hall–Kier alpha value is -2.44. The van der Waals surface area contributed by atoms with Gasteiger partial charge in [0, 0.05) is 28.2 Å². The summed E-state index contributed by atoms with van der Waals surface area (Å²) in [5.41, 5.74) is 2.16. The fourth-order valence-corrected chi connectivity index (χ4v) is 5.41. The molecule has 0 unspecified atom stereocenters. The van der Waals surface area contributed by atoms with E-state index in [0.717, 1.165) is 33.9 Å². The highest BCUT2D eigenvalue weighted by molar-refractivity contribution is 7.18. The van der Waals surface area contributed by atoms with E-state index in [-0.39, 0.29) is 16.8 Å². The van der Waals surface area contributed by atoms with E-state index in [9.17, 15) is 5.11 Å². The number of aromatic nitrogens is 2. The highest BCUT2D eigenvalue weighted by Gasteiger charge is 2.37. The van der Waals surface area contributed by atoms with Crippen LogP contribution in [0.5, 0.6) is 5.75 Å². The third-order valence-corrected chi connectivity index (χ3v) is 6.35. The van der Waals surface area contributed by atoms with Crippen LogP contribution in [0.4, 0.5) is 5.95 Å². The number of piperidine rings is 1. The Balaban J connectivity index is 1.53. The van der Waals surface area contributed by atoms with Gasteiger partial charge in [-0.2, -0.15) is 0 Å². The Morgan fingerprint density at radius 1 is 0.966 bits per heavy atom. The van der Waals surface area contributed by atoms with Crippen molar-refractivity contribution < 1.29 is 5.11 Å². The second kappa shape index (κ2) is 7.43. The van der Waals surface area contributed by atoms with Crippen molar-refractivity contribution in [3.63, 3.8) is 0 Å². The minimum absolute atomic E-state index is 0.0732. The molecule has 1 aromatic carbocycles. The zero-order chi connectivity index (χ0) is 20.6. The number of benzene rings is 1. The van der Waals surface area contributed by atoms with Gasteiger partial charge in [0.25, 0.3) is 0 Å². The molecule has 0 atom stereocenters. The molecule has 152 valence electrons. The maximum absolute atomic E-state index is 9.49. The predicted octanol–water partition coefficient (Wildman–Crippen LogP) is 5.30. The van der Waals surface area contributed by atoms with Crippen molar-refractivity contribution in [1.82, 2.24) is 15.3 Å². The zero-order valence-electron chi connectivity index (χ0n) is 17.4. The summed E-state index contributed by atoms with van der Waals surface area (Å²) >= 11 is 1.69. The number of thiophene rings is 1. The third kappa shape index (κ3) is 4.77. The number of hydrogen-bond acceptors (Lipinski definition) is 6. The number of nitrogens with one attached hydrogen (secondary N) is 2. The number of phenolic OH excluding ortho intramolecular Hbond substituents is 1. The van der Waals surface area contributed by atoms with Gasteiger partial charge in [0.1, 0.15) is 5.75 Å². The van der Waals surface area contributed by atoms with Crippen molar-refractivity contribution in [2.75, 3.05) is 5.32 Å². The van der Waals surface area contributed by atoms with Gasteiger partial charge >= 0.3 is 0 Å². The molecule has 3 N–H and O–H groups in total. The monoisotopic (exact) mass is 408 g/mol. The molecule has 29 heavy (non-hydrogen) atoms. The summed E-state index contributed by atoms with van der Waals surface area (Å²) in [5, 5.41) is 16.8. The molecule has 6 heteroatoms. The Kier molecular flexibility index (Phi) is 5.09. The fraction of sp³-hybridized carbons (Fsp3) is 0.391. The van der Waals surface area contributed by atoms with Crippen LogP contribution in [-0.4, -0.2) is 32.2 Å². The topological polar surface area (TPSA) is 70.1 Å². The van der Waals surface area contributed by atoms with E-state index in [1.165, 1.54) is 0 Å². The van der Waals surface area contributed by atoms with Gasteiger partial charge in [-0.1, -0.05) is 0 Å². The first kappa shape index (κ1) is 19.9. The molecular weight excluding hydrogens is 380 g/mol. The lowest BCUT2D eigenvalue weighted by Gasteiger charge is -2.46. The molecule has 0 spiro atoms. The van der Waals surface area contributed by atoms with Crippen LogP contribution in [0.15, 0.2) is 48.7 Å². The molecule has 1 fully saturated rings. The fourth-order valence-electron chi connectivity index (χ4n) is 4.43. The first-order valence-electron chi connectivity index (χ1n) is 9.98. The summed E-state index contributed by atoms with van der Waals surface area (Å²) in [6, 6.07) is 13.7. The number of phenols is 1. The highest BCUT2D eigenvalue weighted by Crippen LogP contribution is 2.35. The number of aromatic hydroxyl groups is 1. The summed E-state index contributed by atoms with van der Waals surface area (Å²) in [6.45, 7) is 8.99. The lowest BCUT2D eigenvalue weighted by molar-refractivity contribution is 0.170. The molecule has 2 aromatic heterocycles. The van der Waals surface area contributed by atoms with Crippen molar-refractivity contribution in [2.24, 2.45) is 0 Å². The van der Waals surface area contributed by atoms with Gasteiger partial charge in [-0.3, -0.25) is 0 Å². The molecule has 0 radical (unpaired) electrons. The van der Waals surface area contributed by atoms with Crippen LogP contribution in [0, 0.1) is 0 Å². The van der Waals surface area contributed by atoms with Crippen molar-refractivity contribution in [3.05, 3.63) is 48.7 Å². The molecule has 5 nitrogen and oxygen atoms in total. The molecule has 4 rings (SSSR count). The molecule has 1 aliphatic rings. The van der Waals surface area contributed by atoms with Crippen LogP contribution in [-0.2, 0) is 0 Å². The minimum atomic E-state index is 0.0732. The molecule has 0 amide bonds. The molecular formula is C23H28N4OS. The highest BCUT2D eigenvalue weighted by atomic mass is 32.1. The SMILES string of the molecule is CC1(C)CC(Nc2nccc(-c3ccc(-c4ccc(O)cc4)s3)n2)CC(C)(C)N1. The third-order valence-electron chi connectivity index (χ3n) is 5.19. The van der Waals surface area contributed by atoms with E-state index in [0.29, 0.717) is 12.0 Å². The van der Waals surface area contributed by atoms with Gasteiger partial charge < -0.3 is 15.7 Å². The Labute approximate surface area is 176 Å². The van der Waals surface area contributed by atoms with Crippen LogP contribution in [0.25, 0.3) is 21.0 Å². The van der Waals surface area contributed by atoms with E-state index in [1.807, 2.05) is 24.4 Å². The molecule has 1 saturated heterocycles. The van der Waals surface area contributed by atoms with Crippen LogP contribution in [0.3, 0.4) is 0 Å². The van der Waals surface area contributed by atoms with Crippen molar-refractivity contribution in [1.29, 1.82) is 0 Å². The summed E-state index contributed by atoms with van der Waals surface area (Å²) < 4.78 is 0. The average Bonchev–Trinajstić information content (AvgIpc) is 3.10. The average molecular weight is 409 g/mol. The van der Waals surface area contributed by atoms with Gasteiger partial charge in [0.2, 0.25) is 5.95 Å². The largest absolute Gasteiger partial charge is 0.508 e. The Bertz CT molecular complexity index is 978. The van der Waals surface area contributed by atoms with Crippen LogP contribution >= 0.6 is 11.3 Å². The molecule has 3 heterocycles. The number of nitrogens with zero attached hydrogens (tertiary/aromatic N) is 2. The molecule has 0 saturated carbocycles. The molecule has 3 aromatic rings. The number of hydrogen-bond donors (Lipinski definition) is 3. The number of rotatable bonds is 4. The minimum Gasteiger partial charge on any atom is -0.508 e. The van der Waals surface area contributed by atoms with Crippen LogP contribution in [0.2, 0.25) is 0 Å². The second-order valence-electron chi connectivity index (χ2n) is 9.12. The lowest BCUT2D eigenvalue weighted by atomic mass is 9.80. The lowest BCUT2D eigenvalue weighted by Crippen LogP contribution is -2.60. The van der Waals surface area contributed by atoms with Crippen molar-refractivity contribution in [2.45, 2.75) is 57.7 Å². The maximum atomic E-state index is 9.49. The Morgan fingerprint density at radius 3 is 2.31 bits per heavy atom. The number of anilines is 1. The Morgan fingerprint density at radius 2 is 1.62 bits per heavy atom. The van der Waals surface area contributed by atoms with E-state index in [1.54, 1.807) is 23.5 Å². The van der Waals surface area contributed by atoms with Crippen LogP contribution in [0.1, 0.15) is 40.5 Å². The first-order valence-corrected chi connectivity index (χ1v) is 10.8. The van der Waals surface area contributed by atoms with Gasteiger partial charge in [0.05, 0.1) is 10.6 Å². The van der Waals surface area contributed by atoms with Crippen molar-refractivity contribution >= 4 is 17.3 Å². The van der Waals surface area contributed by atoms with E-state index in [2.05, 4.69) is 55.4 Å². The first-order chi connectivity index (χ1) is 13.7. The van der Waals surface area contributed by atoms with Gasteiger partial charge in [-0.15, -0.1) is 11.3 Å².